The van der Waals surface area contributed by atoms with E-state index in [9.17, 15) is 20.2 Å². The van der Waals surface area contributed by atoms with E-state index in [-0.39, 0.29) is 34.4 Å². The van der Waals surface area contributed by atoms with Gasteiger partial charge in [0.2, 0.25) is 11.5 Å². The number of nitro benzene ring substituents is 2. The Bertz CT molecular complexity index is 1370. The Labute approximate surface area is 194 Å². The lowest BCUT2D eigenvalue weighted by Crippen LogP contribution is -1.98. The van der Waals surface area contributed by atoms with Crippen LogP contribution in [0.15, 0.2) is 97.1 Å². The Balaban J connectivity index is 1.81. The van der Waals surface area contributed by atoms with Crippen molar-refractivity contribution in [2.24, 2.45) is 0 Å². The van der Waals surface area contributed by atoms with Crippen LogP contribution in [0.1, 0.15) is 11.1 Å². The fourth-order valence-electron chi connectivity index (χ4n) is 3.22. The average Bonchev–Trinajstić information content (AvgIpc) is 2.85. The lowest BCUT2D eigenvalue weighted by atomic mass is 10.1. The number of benzene rings is 4. The predicted molar refractivity (Wildman–Crippen MR) is 128 cm³/mol. The number of hydrogen-bond acceptors (Lipinski definition) is 6. The van der Waals surface area contributed by atoms with E-state index >= 15 is 0 Å². The fraction of sp³-hybridized carbons (Fsp3) is 0. The highest BCUT2D eigenvalue weighted by atomic mass is 16.6. The highest BCUT2D eigenvalue weighted by Gasteiger charge is 2.21. The quantitative estimate of drug-likeness (QED) is 0.158. The highest BCUT2D eigenvalue weighted by molar-refractivity contribution is 5.75. The van der Waals surface area contributed by atoms with E-state index in [0.717, 1.165) is 5.56 Å². The molecule has 4 aromatic rings. The van der Waals surface area contributed by atoms with Gasteiger partial charge in [-0.25, -0.2) is 0 Å². The van der Waals surface area contributed by atoms with Crippen molar-refractivity contribution in [2.75, 3.05) is 0 Å². The van der Waals surface area contributed by atoms with Crippen molar-refractivity contribution in [3.63, 3.8) is 0 Å². The molecule has 0 spiro atoms. The van der Waals surface area contributed by atoms with Gasteiger partial charge < -0.3 is 9.47 Å². The van der Waals surface area contributed by atoms with Crippen molar-refractivity contribution < 1.29 is 19.3 Å². The average molecular weight is 454 g/mol. The maximum absolute atomic E-state index is 11.5. The number of ether oxygens (including phenoxy) is 2. The minimum Gasteiger partial charge on any atom is -0.446 e. The summed E-state index contributed by atoms with van der Waals surface area (Å²) in [5, 5.41) is 23.0. The third kappa shape index (κ3) is 5.08. The van der Waals surface area contributed by atoms with Crippen LogP contribution in [0.4, 0.5) is 11.4 Å². The van der Waals surface area contributed by atoms with Crippen molar-refractivity contribution in [3.8, 4) is 23.0 Å². The lowest BCUT2D eigenvalue weighted by Gasteiger charge is -2.15. The summed E-state index contributed by atoms with van der Waals surface area (Å²) in [6.45, 7) is 0. The highest BCUT2D eigenvalue weighted by Crippen LogP contribution is 2.42. The summed E-state index contributed by atoms with van der Waals surface area (Å²) in [6, 6.07) is 26.5. The molecule has 4 rings (SSSR count). The molecule has 0 saturated carbocycles. The second-order valence-electron chi connectivity index (χ2n) is 7.07. The summed E-state index contributed by atoms with van der Waals surface area (Å²) in [5.74, 6) is 0.384. The van der Waals surface area contributed by atoms with Gasteiger partial charge in [0.25, 0.3) is 0 Å². The van der Waals surface area contributed by atoms with E-state index in [4.69, 9.17) is 9.47 Å². The summed E-state index contributed by atoms with van der Waals surface area (Å²) >= 11 is 0. The van der Waals surface area contributed by atoms with Crippen LogP contribution in [0.3, 0.4) is 0 Å². The molecule has 0 aliphatic rings. The van der Waals surface area contributed by atoms with Crippen LogP contribution in [0, 0.1) is 20.2 Å². The summed E-state index contributed by atoms with van der Waals surface area (Å²) in [6.07, 6.45) is 3.64. The molecule has 0 heterocycles. The molecule has 0 N–H and O–H groups in total. The van der Waals surface area contributed by atoms with Crippen LogP contribution >= 0.6 is 0 Å². The van der Waals surface area contributed by atoms with Gasteiger partial charge in [-0.2, -0.15) is 0 Å². The summed E-state index contributed by atoms with van der Waals surface area (Å²) in [7, 11) is 0. The number of nitrogens with zero attached hydrogens (tertiary/aromatic N) is 2. The minimum absolute atomic E-state index is 0.0143. The van der Waals surface area contributed by atoms with Gasteiger partial charge in [0.15, 0.2) is 11.5 Å². The monoisotopic (exact) mass is 454 g/mol. The third-order valence-corrected chi connectivity index (χ3v) is 4.82. The molecule has 168 valence electrons. The predicted octanol–water partition coefficient (Wildman–Crippen LogP) is 7.26. The van der Waals surface area contributed by atoms with Gasteiger partial charge >= 0.3 is 11.4 Å². The molecule has 0 atom stereocenters. The molecule has 8 nitrogen and oxygen atoms in total. The zero-order valence-corrected chi connectivity index (χ0v) is 17.7. The Hall–Kier alpha value is -4.98. The van der Waals surface area contributed by atoms with Crippen LogP contribution in [-0.4, -0.2) is 9.85 Å². The topological polar surface area (TPSA) is 105 Å². The molecule has 8 heteroatoms. The number of hydrogen-bond donors (Lipinski definition) is 0. The molecule has 4 aromatic carbocycles. The molecule has 34 heavy (non-hydrogen) atoms. The third-order valence-electron chi connectivity index (χ3n) is 4.82. The summed E-state index contributed by atoms with van der Waals surface area (Å²) in [4.78, 5) is 21.9. The van der Waals surface area contributed by atoms with Crippen LogP contribution < -0.4 is 9.47 Å². The molecule has 0 fully saturated rings. The van der Waals surface area contributed by atoms with E-state index in [0.29, 0.717) is 5.56 Å². The molecule has 0 aliphatic carbocycles. The maximum atomic E-state index is 11.5. The Morgan fingerprint density at radius 1 is 0.559 bits per heavy atom. The summed E-state index contributed by atoms with van der Waals surface area (Å²) < 4.78 is 11.9. The van der Waals surface area contributed by atoms with Gasteiger partial charge in [-0.1, -0.05) is 78.9 Å². The van der Waals surface area contributed by atoms with Gasteiger partial charge in [-0.15, -0.1) is 0 Å². The first-order valence-corrected chi connectivity index (χ1v) is 10.2. The normalized spacial score (nSPS) is 10.7. The second kappa shape index (κ2) is 10.1. The smallest absolute Gasteiger partial charge is 0.311 e. The van der Waals surface area contributed by atoms with E-state index in [2.05, 4.69) is 0 Å². The van der Waals surface area contributed by atoms with Crippen molar-refractivity contribution in [1.82, 2.24) is 0 Å². The van der Waals surface area contributed by atoms with E-state index in [1.54, 1.807) is 36.4 Å². The summed E-state index contributed by atoms with van der Waals surface area (Å²) in [5.41, 5.74) is 1.06. The van der Waals surface area contributed by atoms with Crippen LogP contribution in [0.25, 0.3) is 12.2 Å². The molecule has 0 radical (unpaired) electrons. The van der Waals surface area contributed by atoms with Crippen molar-refractivity contribution >= 4 is 23.5 Å². The van der Waals surface area contributed by atoms with Gasteiger partial charge in [-0.3, -0.25) is 20.2 Å². The van der Waals surface area contributed by atoms with Gasteiger partial charge in [0.1, 0.15) is 0 Å². The van der Waals surface area contributed by atoms with Crippen molar-refractivity contribution in [2.45, 2.75) is 0 Å². The Morgan fingerprint density at radius 2 is 1.09 bits per heavy atom. The number of nitro groups is 2. The molecule has 0 saturated heterocycles. The van der Waals surface area contributed by atoms with Crippen LogP contribution in [-0.2, 0) is 0 Å². The first kappa shape index (κ1) is 22.2. The SMILES string of the molecule is O=[N+]([O-])c1ccccc1Oc1cccc(C=Cc2ccccc2)c1Oc1ccccc1[N+](=O)[O-]. The van der Waals surface area contributed by atoms with Crippen LogP contribution in [0.2, 0.25) is 0 Å². The molecule has 0 aromatic heterocycles. The van der Waals surface area contributed by atoms with Crippen molar-refractivity contribution in [1.29, 1.82) is 0 Å². The molecule has 0 amide bonds. The minimum atomic E-state index is -0.545. The van der Waals surface area contributed by atoms with Crippen LogP contribution in [0.5, 0.6) is 23.0 Å². The standard InChI is InChI=1S/C26H18N2O6/c29-27(30)21-12-4-6-14-23(21)33-25-16-8-11-20(18-17-19-9-2-1-3-10-19)26(25)34-24-15-7-5-13-22(24)28(31)32/h1-18H. The second-order valence-corrected chi connectivity index (χ2v) is 7.07. The van der Waals surface area contributed by atoms with Crippen molar-refractivity contribution in [3.05, 3.63) is 128 Å². The maximum Gasteiger partial charge on any atom is 0.311 e. The number of rotatable bonds is 8. The number of para-hydroxylation sites is 5. The Morgan fingerprint density at radius 3 is 1.71 bits per heavy atom. The van der Waals surface area contributed by atoms with Gasteiger partial charge in [0.05, 0.1) is 9.85 Å². The molecule has 0 aliphatic heterocycles. The van der Waals surface area contributed by atoms with E-state index in [1.807, 2.05) is 36.4 Å². The first-order valence-electron chi connectivity index (χ1n) is 10.2. The van der Waals surface area contributed by atoms with E-state index < -0.39 is 9.85 Å². The largest absolute Gasteiger partial charge is 0.446 e. The zero-order valence-electron chi connectivity index (χ0n) is 17.7. The molecule has 0 unspecified atom stereocenters. The zero-order chi connectivity index (χ0) is 23.9. The van der Waals surface area contributed by atoms with Gasteiger partial charge in [-0.05, 0) is 23.8 Å². The Kier molecular flexibility index (Phi) is 6.60. The van der Waals surface area contributed by atoms with Gasteiger partial charge in [0, 0.05) is 17.7 Å². The first-order chi connectivity index (χ1) is 16.5. The molecular formula is C26H18N2O6. The molecular weight excluding hydrogens is 436 g/mol. The fourth-order valence-corrected chi connectivity index (χ4v) is 3.22. The molecule has 0 bridgehead atoms. The lowest BCUT2D eigenvalue weighted by molar-refractivity contribution is -0.385. The van der Waals surface area contributed by atoms with E-state index in [1.165, 1.54) is 36.4 Å².